The van der Waals surface area contributed by atoms with Crippen molar-refractivity contribution in [1.29, 1.82) is 0 Å². The van der Waals surface area contributed by atoms with Gasteiger partial charge in [-0.25, -0.2) is 4.68 Å². The summed E-state index contributed by atoms with van der Waals surface area (Å²) in [5.74, 6) is 0. The Morgan fingerprint density at radius 3 is 2.44 bits per heavy atom. The molecule has 94 valence electrons. The molecule has 18 heavy (non-hydrogen) atoms. The molecule has 2 nitrogen and oxygen atoms in total. The van der Waals surface area contributed by atoms with Crippen LogP contribution in [0.4, 0.5) is 0 Å². The number of aryl methyl sites for hydroxylation is 1. The quantitative estimate of drug-likeness (QED) is 0.685. The molecule has 0 saturated carbocycles. The van der Waals surface area contributed by atoms with Crippen LogP contribution in [0.5, 0.6) is 0 Å². The second kappa shape index (κ2) is 3.25. The first-order valence-electron chi connectivity index (χ1n) is 6.52. The summed E-state index contributed by atoms with van der Waals surface area (Å²) < 4.78 is 2.12. The Morgan fingerprint density at radius 1 is 1.00 bits per heavy atom. The second-order valence-corrected chi connectivity index (χ2v) is 6.35. The molecule has 3 rings (SSSR count). The number of aromatic nitrogens is 2. The molecule has 0 spiro atoms. The highest BCUT2D eigenvalue weighted by Crippen LogP contribution is 2.49. The van der Waals surface area contributed by atoms with E-state index < -0.39 is 0 Å². The molecule has 1 aliphatic rings. The largest absolute Gasteiger partial charge is 0.237 e. The molecule has 0 amide bonds. The smallest absolute Gasteiger partial charge is 0.0715 e. The summed E-state index contributed by atoms with van der Waals surface area (Å²) in [6.45, 7) is 11.5. The van der Waals surface area contributed by atoms with Crippen LogP contribution < -0.4 is 0 Å². The molecule has 0 radical (unpaired) electrons. The van der Waals surface area contributed by atoms with E-state index in [0.29, 0.717) is 0 Å². The molecule has 0 N–H and O–H groups in total. The van der Waals surface area contributed by atoms with Crippen molar-refractivity contribution in [3.8, 4) is 5.69 Å². The molecule has 1 aliphatic heterocycles. The van der Waals surface area contributed by atoms with Crippen molar-refractivity contribution < 1.29 is 0 Å². The van der Waals surface area contributed by atoms with Crippen LogP contribution in [0.15, 0.2) is 30.5 Å². The standard InChI is InChI=1S/C16H20N2/c1-11-7-6-8-12-14(11)18-13(9-10-17-18)16(4,5)15(12,2)3/h6-10H,1-5H3. The van der Waals surface area contributed by atoms with Crippen molar-refractivity contribution in [3.05, 3.63) is 47.3 Å². The third kappa shape index (κ3) is 1.16. The minimum Gasteiger partial charge on any atom is -0.237 e. The van der Waals surface area contributed by atoms with Gasteiger partial charge in [0.1, 0.15) is 0 Å². The molecule has 0 atom stereocenters. The monoisotopic (exact) mass is 240 g/mol. The number of benzene rings is 1. The maximum Gasteiger partial charge on any atom is 0.0715 e. The zero-order valence-corrected chi connectivity index (χ0v) is 11.8. The van der Waals surface area contributed by atoms with E-state index in [1.54, 1.807) is 0 Å². The van der Waals surface area contributed by atoms with Gasteiger partial charge in [0.15, 0.2) is 0 Å². The summed E-state index contributed by atoms with van der Waals surface area (Å²) >= 11 is 0. The van der Waals surface area contributed by atoms with Gasteiger partial charge >= 0.3 is 0 Å². The lowest BCUT2D eigenvalue weighted by molar-refractivity contribution is 0.275. The van der Waals surface area contributed by atoms with Gasteiger partial charge in [-0.05, 0) is 24.1 Å². The van der Waals surface area contributed by atoms with E-state index in [2.05, 4.69) is 68.7 Å². The molecule has 0 fully saturated rings. The zero-order valence-electron chi connectivity index (χ0n) is 11.8. The van der Waals surface area contributed by atoms with Crippen LogP contribution in [-0.4, -0.2) is 9.78 Å². The molecule has 2 aromatic rings. The third-order valence-corrected chi connectivity index (χ3v) is 4.97. The highest BCUT2D eigenvalue weighted by Gasteiger charge is 2.46. The molecule has 0 unspecified atom stereocenters. The van der Waals surface area contributed by atoms with E-state index >= 15 is 0 Å². The number of para-hydroxylation sites is 1. The van der Waals surface area contributed by atoms with Gasteiger partial charge in [-0.15, -0.1) is 0 Å². The van der Waals surface area contributed by atoms with Crippen molar-refractivity contribution in [2.75, 3.05) is 0 Å². The number of nitrogens with zero attached hydrogens (tertiary/aromatic N) is 2. The van der Waals surface area contributed by atoms with Crippen LogP contribution in [0.2, 0.25) is 0 Å². The number of hydrogen-bond donors (Lipinski definition) is 0. The van der Waals surface area contributed by atoms with Gasteiger partial charge in [-0.2, -0.15) is 5.10 Å². The summed E-state index contributed by atoms with van der Waals surface area (Å²) in [4.78, 5) is 0. The average molecular weight is 240 g/mol. The Kier molecular flexibility index (Phi) is 2.08. The van der Waals surface area contributed by atoms with E-state index in [1.807, 2.05) is 6.20 Å². The van der Waals surface area contributed by atoms with Gasteiger partial charge in [0.25, 0.3) is 0 Å². The van der Waals surface area contributed by atoms with E-state index in [0.717, 1.165) is 0 Å². The lowest BCUT2D eigenvalue weighted by Gasteiger charge is -2.47. The summed E-state index contributed by atoms with van der Waals surface area (Å²) in [5, 5.41) is 4.54. The van der Waals surface area contributed by atoms with Gasteiger partial charge in [-0.1, -0.05) is 45.9 Å². The molecule has 0 saturated heterocycles. The van der Waals surface area contributed by atoms with Crippen LogP contribution in [0.25, 0.3) is 5.69 Å². The summed E-state index contributed by atoms with van der Waals surface area (Å²) in [6.07, 6.45) is 1.91. The van der Waals surface area contributed by atoms with Crippen molar-refractivity contribution in [3.63, 3.8) is 0 Å². The van der Waals surface area contributed by atoms with Gasteiger partial charge in [0, 0.05) is 17.0 Å². The van der Waals surface area contributed by atoms with Crippen molar-refractivity contribution in [2.45, 2.75) is 45.4 Å². The van der Waals surface area contributed by atoms with Crippen molar-refractivity contribution >= 4 is 0 Å². The fourth-order valence-electron chi connectivity index (χ4n) is 3.06. The molecule has 1 aromatic heterocycles. The van der Waals surface area contributed by atoms with E-state index in [9.17, 15) is 0 Å². The number of hydrogen-bond acceptors (Lipinski definition) is 1. The van der Waals surface area contributed by atoms with Crippen molar-refractivity contribution in [2.24, 2.45) is 0 Å². The van der Waals surface area contributed by atoms with Crippen LogP contribution in [0.1, 0.15) is 44.5 Å². The first-order valence-corrected chi connectivity index (χ1v) is 6.52. The minimum atomic E-state index is 0.0737. The highest BCUT2D eigenvalue weighted by atomic mass is 15.3. The van der Waals surface area contributed by atoms with Crippen LogP contribution in [0, 0.1) is 6.92 Å². The topological polar surface area (TPSA) is 17.8 Å². The Morgan fingerprint density at radius 2 is 1.72 bits per heavy atom. The zero-order chi connectivity index (χ0) is 13.1. The summed E-state index contributed by atoms with van der Waals surface area (Å²) in [6, 6.07) is 8.71. The maximum absolute atomic E-state index is 4.54. The molecular formula is C16H20N2. The van der Waals surface area contributed by atoms with Gasteiger partial charge in [0.05, 0.1) is 11.4 Å². The van der Waals surface area contributed by atoms with E-state index in [4.69, 9.17) is 0 Å². The number of fused-ring (bicyclic) bond motifs is 3. The minimum absolute atomic E-state index is 0.0737. The Labute approximate surface area is 109 Å². The predicted octanol–water partition coefficient (Wildman–Crippen LogP) is 3.75. The second-order valence-electron chi connectivity index (χ2n) is 6.35. The van der Waals surface area contributed by atoms with E-state index in [1.165, 1.54) is 22.5 Å². The lowest BCUT2D eigenvalue weighted by atomic mass is 9.60. The van der Waals surface area contributed by atoms with Gasteiger partial charge < -0.3 is 0 Å². The fourth-order valence-corrected chi connectivity index (χ4v) is 3.06. The Hall–Kier alpha value is -1.57. The SMILES string of the molecule is Cc1cccc2c1-n1nccc1C(C)(C)C2(C)C. The third-order valence-electron chi connectivity index (χ3n) is 4.97. The average Bonchev–Trinajstić information content (AvgIpc) is 2.76. The summed E-state index contributed by atoms with van der Waals surface area (Å²) in [7, 11) is 0. The number of rotatable bonds is 0. The fraction of sp³-hybridized carbons (Fsp3) is 0.438. The van der Waals surface area contributed by atoms with Gasteiger partial charge in [0.2, 0.25) is 0 Å². The van der Waals surface area contributed by atoms with Crippen LogP contribution in [0.3, 0.4) is 0 Å². The molecule has 0 bridgehead atoms. The maximum atomic E-state index is 4.54. The molecule has 2 heterocycles. The van der Waals surface area contributed by atoms with Crippen LogP contribution >= 0.6 is 0 Å². The molecular weight excluding hydrogens is 220 g/mol. The lowest BCUT2D eigenvalue weighted by Crippen LogP contribution is -2.46. The highest BCUT2D eigenvalue weighted by molar-refractivity contribution is 5.56. The molecule has 2 heteroatoms. The first-order chi connectivity index (χ1) is 8.37. The van der Waals surface area contributed by atoms with Crippen LogP contribution in [-0.2, 0) is 10.8 Å². The predicted molar refractivity (Wildman–Crippen MR) is 74.4 cm³/mol. The molecule has 0 aliphatic carbocycles. The Bertz CT molecular complexity index is 618. The first kappa shape index (κ1) is 11.5. The van der Waals surface area contributed by atoms with E-state index in [-0.39, 0.29) is 10.8 Å². The Balaban J connectivity index is 2.46. The van der Waals surface area contributed by atoms with Gasteiger partial charge in [-0.3, -0.25) is 0 Å². The molecule has 1 aromatic carbocycles. The summed E-state index contributed by atoms with van der Waals surface area (Å²) in [5.41, 5.74) is 5.43. The normalized spacial score (nSPS) is 19.2. The van der Waals surface area contributed by atoms with Crippen molar-refractivity contribution in [1.82, 2.24) is 9.78 Å².